The van der Waals surface area contributed by atoms with Gasteiger partial charge in [0.05, 0.1) is 6.57 Å². The van der Waals surface area contributed by atoms with Crippen molar-refractivity contribution in [3.8, 4) is 0 Å². The van der Waals surface area contributed by atoms with Crippen molar-refractivity contribution < 1.29 is 0 Å². The van der Waals surface area contributed by atoms with Gasteiger partial charge in [0.15, 0.2) is 0 Å². The summed E-state index contributed by atoms with van der Waals surface area (Å²) in [5.41, 5.74) is 4.37. The maximum atomic E-state index is 7.46. The molecule has 3 heteroatoms. The van der Waals surface area contributed by atoms with E-state index in [4.69, 9.17) is 18.2 Å². The summed E-state index contributed by atoms with van der Waals surface area (Å²) in [5.74, 6) is 1.61. The van der Waals surface area contributed by atoms with Crippen molar-refractivity contribution in [1.29, 1.82) is 0 Å². The molecule has 1 heterocycles. The van der Waals surface area contributed by atoms with E-state index in [0.717, 1.165) is 11.3 Å². The molecule has 2 aromatic rings. The van der Waals surface area contributed by atoms with Gasteiger partial charge >= 0.3 is 0 Å². The molecular formula is C18H16ClNS. The third-order valence-electron chi connectivity index (χ3n) is 4.01. The van der Waals surface area contributed by atoms with Crippen LogP contribution in [0, 0.1) is 12.5 Å². The first kappa shape index (κ1) is 14.5. The van der Waals surface area contributed by atoms with Gasteiger partial charge in [-0.25, -0.2) is 4.85 Å². The van der Waals surface area contributed by atoms with Gasteiger partial charge in [-0.1, -0.05) is 55.8 Å². The van der Waals surface area contributed by atoms with E-state index in [9.17, 15) is 0 Å². The molecule has 0 fully saturated rings. The van der Waals surface area contributed by atoms with Crippen molar-refractivity contribution >= 4 is 29.1 Å². The summed E-state index contributed by atoms with van der Waals surface area (Å²) in [7, 11) is 0. The first-order valence-electron chi connectivity index (χ1n) is 7.04. The number of thioether (sulfide) groups is 1. The Hall–Kier alpha value is -1.43. The minimum Gasteiger partial charge on any atom is -0.236 e. The van der Waals surface area contributed by atoms with Crippen molar-refractivity contribution in [3.63, 3.8) is 0 Å². The van der Waals surface area contributed by atoms with Gasteiger partial charge in [-0.15, -0.1) is 11.8 Å². The van der Waals surface area contributed by atoms with Gasteiger partial charge in [0.2, 0.25) is 5.69 Å². The number of nitrogens with zero attached hydrogens (tertiary/aromatic N) is 1. The third kappa shape index (κ3) is 2.46. The summed E-state index contributed by atoms with van der Waals surface area (Å²) in [6.45, 7) is 11.9. The third-order valence-corrected chi connectivity index (χ3v) is 5.43. The van der Waals surface area contributed by atoms with E-state index in [1.54, 1.807) is 0 Å². The number of rotatable bonds is 1. The van der Waals surface area contributed by atoms with E-state index >= 15 is 0 Å². The van der Waals surface area contributed by atoms with Gasteiger partial charge in [-0.05, 0) is 28.7 Å². The highest BCUT2D eigenvalue weighted by Gasteiger charge is 2.28. The molecule has 21 heavy (non-hydrogen) atoms. The van der Waals surface area contributed by atoms with Crippen LogP contribution in [0.5, 0.6) is 0 Å². The van der Waals surface area contributed by atoms with Crippen LogP contribution in [0.15, 0.2) is 41.3 Å². The lowest BCUT2D eigenvalue weighted by Gasteiger charge is -2.24. The van der Waals surface area contributed by atoms with E-state index in [-0.39, 0.29) is 0 Å². The summed E-state index contributed by atoms with van der Waals surface area (Å²) in [4.78, 5) is 5.01. The minimum absolute atomic E-state index is 0.323. The van der Waals surface area contributed by atoms with Gasteiger partial charge in [-0.3, -0.25) is 0 Å². The fraction of sp³-hybridized carbons (Fsp3) is 0.278. The fourth-order valence-corrected chi connectivity index (χ4v) is 4.45. The highest BCUT2D eigenvalue weighted by atomic mass is 35.5. The van der Waals surface area contributed by atoms with Gasteiger partial charge in [0, 0.05) is 21.6 Å². The summed E-state index contributed by atoms with van der Waals surface area (Å²) in [6.07, 6.45) is 0. The second kappa shape index (κ2) is 5.75. The lowest BCUT2D eigenvalue weighted by Crippen LogP contribution is -2.10. The molecule has 1 nitrogen and oxygen atoms in total. The zero-order chi connectivity index (χ0) is 15.0. The zero-order valence-electron chi connectivity index (χ0n) is 12.1. The van der Waals surface area contributed by atoms with Crippen LogP contribution >= 0.6 is 23.4 Å². The monoisotopic (exact) mass is 313 g/mol. The normalized spacial score (nSPS) is 16.8. The number of fused-ring (bicyclic) bond motifs is 2. The smallest absolute Gasteiger partial charge is 0.209 e. The van der Waals surface area contributed by atoms with Crippen LogP contribution in [-0.2, 0) is 5.75 Å². The molecular weight excluding hydrogens is 298 g/mol. The minimum atomic E-state index is 0.323. The molecule has 0 N–H and O–H groups in total. The maximum absolute atomic E-state index is 7.46. The van der Waals surface area contributed by atoms with Gasteiger partial charge in [-0.2, -0.15) is 0 Å². The Morgan fingerprint density at radius 1 is 1.19 bits per heavy atom. The standard InChI is InChI=1S/C18H16ClNS/c1-11(2)17-12-8-9-15(19)18(20-3)14(12)10-21-16-7-5-4-6-13(16)17/h4-9,11,17H,10H2,1-2H3. The van der Waals surface area contributed by atoms with Crippen molar-refractivity contribution in [2.45, 2.75) is 30.4 Å². The fourth-order valence-electron chi connectivity index (χ4n) is 3.09. The molecule has 1 atom stereocenters. The van der Waals surface area contributed by atoms with E-state index in [1.165, 1.54) is 16.0 Å². The number of halogens is 1. The predicted molar refractivity (Wildman–Crippen MR) is 90.4 cm³/mol. The van der Waals surface area contributed by atoms with Crippen LogP contribution in [0.4, 0.5) is 5.69 Å². The Labute approximate surface area is 135 Å². The number of hydrogen-bond donors (Lipinski definition) is 0. The lowest BCUT2D eigenvalue weighted by molar-refractivity contribution is 0.556. The molecule has 0 saturated heterocycles. The van der Waals surface area contributed by atoms with E-state index in [2.05, 4.69) is 49.0 Å². The summed E-state index contributed by atoms with van der Waals surface area (Å²) in [6, 6.07) is 12.6. The van der Waals surface area contributed by atoms with Crippen LogP contribution in [0.25, 0.3) is 4.85 Å². The Balaban J connectivity index is 2.28. The molecule has 1 aliphatic heterocycles. The van der Waals surface area contributed by atoms with Gasteiger partial charge < -0.3 is 0 Å². The number of hydrogen-bond acceptors (Lipinski definition) is 1. The molecule has 0 radical (unpaired) electrons. The first-order chi connectivity index (χ1) is 10.1. The average molecular weight is 314 g/mol. The molecule has 1 aliphatic rings. The zero-order valence-corrected chi connectivity index (χ0v) is 13.6. The van der Waals surface area contributed by atoms with Crippen LogP contribution in [0.2, 0.25) is 5.02 Å². The summed E-state index contributed by atoms with van der Waals surface area (Å²) in [5, 5.41) is 0.567. The van der Waals surface area contributed by atoms with E-state index < -0.39 is 0 Å². The van der Waals surface area contributed by atoms with Crippen LogP contribution in [0.3, 0.4) is 0 Å². The largest absolute Gasteiger partial charge is 0.236 e. The molecule has 0 bridgehead atoms. The Bertz CT molecular complexity index is 730. The SMILES string of the molecule is [C-]#[N+]c1c(Cl)ccc2c1CSc1ccccc1C2C(C)C. The van der Waals surface area contributed by atoms with E-state index in [1.807, 2.05) is 17.8 Å². The first-order valence-corrected chi connectivity index (χ1v) is 8.40. The van der Waals surface area contributed by atoms with Gasteiger partial charge in [0.25, 0.3) is 0 Å². The molecule has 3 rings (SSSR count). The van der Waals surface area contributed by atoms with Crippen LogP contribution < -0.4 is 0 Å². The van der Waals surface area contributed by atoms with Crippen LogP contribution in [-0.4, -0.2) is 0 Å². The summed E-state index contributed by atoms with van der Waals surface area (Å²) < 4.78 is 0. The molecule has 1 unspecified atom stereocenters. The quantitative estimate of drug-likeness (QED) is 0.560. The molecule has 0 saturated carbocycles. The van der Waals surface area contributed by atoms with Crippen LogP contribution in [0.1, 0.15) is 36.5 Å². The van der Waals surface area contributed by atoms with Crippen molar-refractivity contribution in [2.75, 3.05) is 0 Å². The highest BCUT2D eigenvalue weighted by Crippen LogP contribution is 2.47. The lowest BCUT2D eigenvalue weighted by atomic mass is 9.80. The maximum Gasteiger partial charge on any atom is 0.209 e. The van der Waals surface area contributed by atoms with E-state index in [0.29, 0.717) is 22.5 Å². The Kier molecular flexibility index (Phi) is 3.97. The molecule has 106 valence electrons. The van der Waals surface area contributed by atoms with Crippen molar-refractivity contribution in [2.24, 2.45) is 5.92 Å². The number of benzene rings is 2. The molecule has 2 aromatic carbocycles. The summed E-state index contributed by atoms with van der Waals surface area (Å²) >= 11 is 8.04. The molecule has 0 spiro atoms. The Morgan fingerprint density at radius 3 is 2.67 bits per heavy atom. The van der Waals surface area contributed by atoms with Gasteiger partial charge in [0.1, 0.15) is 0 Å². The molecule has 0 amide bonds. The second-order valence-electron chi connectivity index (χ2n) is 5.62. The second-order valence-corrected chi connectivity index (χ2v) is 7.05. The highest BCUT2D eigenvalue weighted by molar-refractivity contribution is 7.98. The van der Waals surface area contributed by atoms with Crippen molar-refractivity contribution in [3.05, 3.63) is 69.5 Å². The average Bonchev–Trinajstić information content (AvgIpc) is 2.64. The molecule has 0 aromatic heterocycles. The Morgan fingerprint density at radius 2 is 1.95 bits per heavy atom. The molecule has 0 aliphatic carbocycles. The van der Waals surface area contributed by atoms with Crippen molar-refractivity contribution in [1.82, 2.24) is 0 Å². The predicted octanol–water partition coefficient (Wildman–Crippen LogP) is 6.28. The topological polar surface area (TPSA) is 4.36 Å².